The highest BCUT2D eigenvalue weighted by Crippen LogP contribution is 2.27. The van der Waals surface area contributed by atoms with Crippen LogP contribution in [0.2, 0.25) is 0 Å². The number of thiophene rings is 1. The molecule has 0 saturated carbocycles. The molecule has 0 fully saturated rings. The number of primary amides is 1. The molecule has 2 heterocycles. The second-order valence-corrected chi connectivity index (χ2v) is 5.95. The number of hydrogen-bond acceptors (Lipinski definition) is 8. The summed E-state index contributed by atoms with van der Waals surface area (Å²) in [5, 5.41) is 5.26. The minimum atomic E-state index is -1.10. The molecule has 22 heavy (non-hydrogen) atoms. The maximum absolute atomic E-state index is 11.7. The van der Waals surface area contributed by atoms with Crippen LogP contribution in [0, 0.1) is 0 Å². The number of fused-ring (bicyclic) bond motifs is 1. The topological polar surface area (TPSA) is 124 Å². The van der Waals surface area contributed by atoms with Crippen molar-refractivity contribution in [3.05, 3.63) is 17.8 Å². The number of rotatable bonds is 5. The zero-order valence-corrected chi connectivity index (χ0v) is 13.1. The van der Waals surface area contributed by atoms with Crippen molar-refractivity contribution in [3.63, 3.8) is 0 Å². The second-order valence-electron chi connectivity index (χ2n) is 4.09. The molecule has 10 heteroatoms. The Hall–Kier alpha value is -2.20. The molecule has 3 amide bonds. The maximum atomic E-state index is 11.7. The number of urea groups is 1. The lowest BCUT2D eigenvalue weighted by Gasteiger charge is -2.11. The first-order valence-electron chi connectivity index (χ1n) is 6.08. The first kappa shape index (κ1) is 16.2. The van der Waals surface area contributed by atoms with E-state index in [4.69, 9.17) is 10.5 Å². The Morgan fingerprint density at radius 3 is 2.95 bits per heavy atom. The van der Waals surface area contributed by atoms with Crippen molar-refractivity contribution in [3.8, 4) is 0 Å². The van der Waals surface area contributed by atoms with Crippen molar-refractivity contribution in [2.75, 3.05) is 5.75 Å². The number of imide groups is 1. The van der Waals surface area contributed by atoms with E-state index in [-0.39, 0.29) is 5.75 Å². The number of esters is 1. The van der Waals surface area contributed by atoms with Gasteiger partial charge < -0.3 is 10.5 Å². The van der Waals surface area contributed by atoms with E-state index in [9.17, 15) is 14.4 Å². The van der Waals surface area contributed by atoms with Gasteiger partial charge in [0.15, 0.2) is 6.10 Å². The Morgan fingerprint density at radius 2 is 2.23 bits per heavy atom. The summed E-state index contributed by atoms with van der Waals surface area (Å²) in [4.78, 5) is 42.7. The lowest BCUT2D eigenvalue weighted by molar-refractivity contribution is -0.151. The standard InChI is InChI=1S/C12H12N4O4S2/c1-6(9(18)16-12(13)19)20-8(17)4-22-11-7-2-3-21-10(7)14-5-15-11/h2-3,5-6H,4H2,1H3,(H3,13,16,18,19)/t6-/m0/s1. The van der Waals surface area contributed by atoms with Gasteiger partial charge in [-0.3, -0.25) is 14.9 Å². The average molecular weight is 340 g/mol. The number of nitrogens with two attached hydrogens (primary N) is 1. The van der Waals surface area contributed by atoms with Gasteiger partial charge in [0, 0.05) is 5.39 Å². The van der Waals surface area contributed by atoms with Crippen LogP contribution in [-0.2, 0) is 14.3 Å². The van der Waals surface area contributed by atoms with E-state index in [0.29, 0.717) is 5.03 Å². The van der Waals surface area contributed by atoms with Crippen LogP contribution in [0.4, 0.5) is 4.79 Å². The first-order valence-corrected chi connectivity index (χ1v) is 7.94. The van der Waals surface area contributed by atoms with Gasteiger partial charge in [0.05, 0.1) is 5.75 Å². The third kappa shape index (κ3) is 4.15. The Labute approximate surface area is 133 Å². The Kier molecular flexibility index (Phi) is 5.28. The van der Waals surface area contributed by atoms with Crippen molar-refractivity contribution in [1.29, 1.82) is 0 Å². The quantitative estimate of drug-likeness (QED) is 0.471. The van der Waals surface area contributed by atoms with Gasteiger partial charge in [-0.25, -0.2) is 14.8 Å². The number of nitrogens with one attached hydrogen (secondary N) is 1. The number of ether oxygens (including phenoxy) is 1. The van der Waals surface area contributed by atoms with Crippen LogP contribution in [-0.4, -0.2) is 39.7 Å². The summed E-state index contributed by atoms with van der Waals surface area (Å²) in [6.07, 6.45) is 0.322. The van der Waals surface area contributed by atoms with Crippen molar-refractivity contribution in [2.45, 2.75) is 18.1 Å². The number of nitrogens with zero attached hydrogens (tertiary/aromatic N) is 2. The number of hydrogen-bond donors (Lipinski definition) is 2. The maximum Gasteiger partial charge on any atom is 0.318 e. The molecular formula is C12H12N4O4S2. The van der Waals surface area contributed by atoms with Crippen LogP contribution in [0.25, 0.3) is 10.2 Å². The molecule has 0 unspecified atom stereocenters. The number of amides is 3. The molecule has 2 aromatic rings. The molecule has 0 bridgehead atoms. The number of aromatic nitrogens is 2. The molecule has 0 aliphatic carbocycles. The van der Waals surface area contributed by atoms with Gasteiger partial charge in [-0.05, 0) is 18.4 Å². The molecule has 116 valence electrons. The summed E-state index contributed by atoms with van der Waals surface area (Å²) in [5.41, 5.74) is 4.81. The van der Waals surface area contributed by atoms with Crippen LogP contribution in [0.5, 0.6) is 0 Å². The first-order chi connectivity index (χ1) is 10.5. The molecule has 3 N–H and O–H groups in total. The zero-order chi connectivity index (χ0) is 16.1. The number of thioether (sulfide) groups is 1. The number of carbonyl (C=O) groups is 3. The van der Waals surface area contributed by atoms with Gasteiger partial charge in [-0.15, -0.1) is 11.3 Å². The zero-order valence-electron chi connectivity index (χ0n) is 11.4. The predicted molar refractivity (Wildman–Crippen MR) is 81.4 cm³/mol. The number of carbonyl (C=O) groups excluding carboxylic acids is 3. The van der Waals surface area contributed by atoms with Gasteiger partial charge in [0.2, 0.25) is 0 Å². The summed E-state index contributed by atoms with van der Waals surface area (Å²) in [6.45, 7) is 1.35. The fourth-order valence-electron chi connectivity index (χ4n) is 1.52. The summed E-state index contributed by atoms with van der Waals surface area (Å²) < 4.78 is 4.91. The van der Waals surface area contributed by atoms with Crippen molar-refractivity contribution in [1.82, 2.24) is 15.3 Å². The van der Waals surface area contributed by atoms with Crippen molar-refractivity contribution >= 4 is 51.2 Å². The van der Waals surface area contributed by atoms with E-state index >= 15 is 0 Å². The monoisotopic (exact) mass is 340 g/mol. The normalized spacial score (nSPS) is 11.9. The van der Waals surface area contributed by atoms with Crippen LogP contribution in [0.15, 0.2) is 22.8 Å². The van der Waals surface area contributed by atoms with Gasteiger partial charge >= 0.3 is 12.0 Å². The third-order valence-electron chi connectivity index (χ3n) is 2.48. The van der Waals surface area contributed by atoms with Gasteiger partial charge in [-0.1, -0.05) is 11.8 Å². The predicted octanol–water partition coefficient (Wildman–Crippen LogP) is 0.910. The molecular weight excluding hydrogens is 328 g/mol. The van der Waals surface area contributed by atoms with Crippen LogP contribution >= 0.6 is 23.1 Å². The Bertz CT molecular complexity index is 718. The van der Waals surface area contributed by atoms with Gasteiger partial charge in [-0.2, -0.15) is 0 Å². The van der Waals surface area contributed by atoms with E-state index in [1.54, 1.807) is 0 Å². The van der Waals surface area contributed by atoms with Crippen LogP contribution in [0.3, 0.4) is 0 Å². The molecule has 0 aliphatic heterocycles. The molecule has 1 atom stereocenters. The highest BCUT2D eigenvalue weighted by molar-refractivity contribution is 8.00. The summed E-state index contributed by atoms with van der Waals surface area (Å²) >= 11 is 2.67. The van der Waals surface area contributed by atoms with E-state index in [1.807, 2.05) is 16.8 Å². The average Bonchev–Trinajstić information content (AvgIpc) is 2.93. The van der Waals surface area contributed by atoms with E-state index < -0.39 is 24.0 Å². The largest absolute Gasteiger partial charge is 0.452 e. The highest BCUT2D eigenvalue weighted by atomic mass is 32.2. The SMILES string of the molecule is C[C@H](OC(=O)CSc1ncnc2sccc12)C(=O)NC(N)=O. The Morgan fingerprint density at radius 1 is 1.45 bits per heavy atom. The highest BCUT2D eigenvalue weighted by Gasteiger charge is 2.19. The van der Waals surface area contributed by atoms with E-state index in [0.717, 1.165) is 10.2 Å². The fraction of sp³-hybridized carbons (Fsp3) is 0.250. The molecule has 2 rings (SSSR count). The minimum Gasteiger partial charge on any atom is -0.452 e. The van der Waals surface area contributed by atoms with Crippen molar-refractivity contribution < 1.29 is 19.1 Å². The lowest BCUT2D eigenvalue weighted by atomic mass is 10.4. The lowest BCUT2D eigenvalue weighted by Crippen LogP contribution is -2.42. The minimum absolute atomic E-state index is 0.0177. The van der Waals surface area contributed by atoms with Crippen LogP contribution in [0.1, 0.15) is 6.92 Å². The molecule has 0 spiro atoms. The fourth-order valence-corrected chi connectivity index (χ4v) is 3.08. The molecule has 0 saturated heterocycles. The summed E-state index contributed by atoms with van der Waals surface area (Å²) in [7, 11) is 0. The molecule has 2 aromatic heterocycles. The Balaban J connectivity index is 1.89. The smallest absolute Gasteiger partial charge is 0.318 e. The molecule has 0 aliphatic rings. The van der Waals surface area contributed by atoms with Crippen LogP contribution < -0.4 is 11.1 Å². The summed E-state index contributed by atoms with van der Waals surface area (Å²) in [5.74, 6) is -1.39. The van der Waals surface area contributed by atoms with E-state index in [2.05, 4.69) is 9.97 Å². The van der Waals surface area contributed by atoms with Gasteiger partial charge in [0.25, 0.3) is 5.91 Å². The van der Waals surface area contributed by atoms with Gasteiger partial charge in [0.1, 0.15) is 16.2 Å². The molecule has 0 aromatic carbocycles. The molecule has 0 radical (unpaired) electrons. The second kappa shape index (κ2) is 7.18. The molecule has 8 nitrogen and oxygen atoms in total. The third-order valence-corrected chi connectivity index (χ3v) is 4.28. The summed E-state index contributed by atoms with van der Waals surface area (Å²) in [6, 6.07) is 0.875. The van der Waals surface area contributed by atoms with Crippen molar-refractivity contribution in [2.24, 2.45) is 5.73 Å². The van der Waals surface area contributed by atoms with E-state index in [1.165, 1.54) is 36.3 Å².